The normalized spacial score (nSPS) is 18.9. The number of carbonyl (C=O) groups is 1. The first-order valence-corrected chi connectivity index (χ1v) is 7.42. The van der Waals surface area contributed by atoms with Crippen molar-refractivity contribution >= 4 is 21.8 Å². The highest BCUT2D eigenvalue weighted by Gasteiger charge is 2.22. The van der Waals surface area contributed by atoms with Gasteiger partial charge in [-0.25, -0.2) is 4.39 Å². The Kier molecular flexibility index (Phi) is 5.37. The lowest BCUT2D eigenvalue weighted by Crippen LogP contribution is -2.48. The quantitative estimate of drug-likeness (QED) is 0.910. The van der Waals surface area contributed by atoms with Gasteiger partial charge in [-0.2, -0.15) is 0 Å². The van der Waals surface area contributed by atoms with Gasteiger partial charge in [-0.15, -0.1) is 0 Å². The molecule has 1 aliphatic rings. The van der Waals surface area contributed by atoms with Crippen LogP contribution in [0.25, 0.3) is 0 Å². The van der Waals surface area contributed by atoms with E-state index in [9.17, 15) is 9.18 Å². The van der Waals surface area contributed by atoms with Gasteiger partial charge in [0.15, 0.2) is 6.61 Å². The SMILES string of the molecule is CNC1CCCN(C(=O)COc2ccc(F)cc2Br)C1. The molecule has 6 heteroatoms. The fourth-order valence-electron chi connectivity index (χ4n) is 2.26. The third kappa shape index (κ3) is 3.93. The molecule has 1 heterocycles. The van der Waals surface area contributed by atoms with Gasteiger partial charge >= 0.3 is 0 Å². The minimum Gasteiger partial charge on any atom is -0.483 e. The predicted molar refractivity (Wildman–Crippen MR) is 78.3 cm³/mol. The highest BCUT2D eigenvalue weighted by atomic mass is 79.9. The predicted octanol–water partition coefficient (Wildman–Crippen LogP) is 2.18. The molecular weight excluding hydrogens is 327 g/mol. The minimum absolute atomic E-state index is 0.0271. The number of ether oxygens (including phenoxy) is 1. The molecule has 1 aliphatic heterocycles. The van der Waals surface area contributed by atoms with Gasteiger partial charge in [0.05, 0.1) is 4.47 Å². The van der Waals surface area contributed by atoms with Crippen molar-refractivity contribution in [1.82, 2.24) is 10.2 Å². The highest BCUT2D eigenvalue weighted by molar-refractivity contribution is 9.10. The molecule has 20 heavy (non-hydrogen) atoms. The van der Waals surface area contributed by atoms with Gasteiger partial charge in [-0.1, -0.05) is 0 Å². The molecule has 0 aromatic heterocycles. The fraction of sp³-hybridized carbons (Fsp3) is 0.500. The zero-order chi connectivity index (χ0) is 14.5. The van der Waals surface area contributed by atoms with Gasteiger partial charge in [0.2, 0.25) is 0 Å². The Morgan fingerprint density at radius 3 is 3.10 bits per heavy atom. The van der Waals surface area contributed by atoms with Crippen LogP contribution in [0.3, 0.4) is 0 Å². The van der Waals surface area contributed by atoms with E-state index in [1.54, 1.807) is 0 Å². The Balaban J connectivity index is 1.88. The van der Waals surface area contributed by atoms with Crippen LogP contribution in [0.5, 0.6) is 5.75 Å². The molecule has 1 atom stereocenters. The summed E-state index contributed by atoms with van der Waals surface area (Å²) >= 11 is 3.21. The average molecular weight is 345 g/mol. The van der Waals surface area contributed by atoms with Gasteiger partial charge in [0, 0.05) is 19.1 Å². The summed E-state index contributed by atoms with van der Waals surface area (Å²) in [5.41, 5.74) is 0. The van der Waals surface area contributed by atoms with Gasteiger partial charge in [0.25, 0.3) is 5.91 Å². The first-order chi connectivity index (χ1) is 9.60. The fourth-order valence-corrected chi connectivity index (χ4v) is 2.73. The number of halogens is 2. The molecule has 1 aromatic carbocycles. The standard InChI is InChI=1S/C14H18BrFN2O2/c1-17-11-3-2-6-18(8-11)14(19)9-20-13-5-4-10(16)7-12(13)15/h4-5,7,11,17H,2-3,6,8-9H2,1H3. The zero-order valence-corrected chi connectivity index (χ0v) is 13.0. The van der Waals surface area contributed by atoms with Crippen molar-refractivity contribution in [2.24, 2.45) is 0 Å². The number of hydrogen-bond donors (Lipinski definition) is 1. The van der Waals surface area contributed by atoms with E-state index in [0.29, 0.717) is 22.8 Å². The van der Waals surface area contributed by atoms with Gasteiger partial charge < -0.3 is 15.0 Å². The Morgan fingerprint density at radius 2 is 2.40 bits per heavy atom. The molecule has 0 radical (unpaired) electrons. The van der Waals surface area contributed by atoms with Crippen molar-refractivity contribution in [2.45, 2.75) is 18.9 Å². The number of likely N-dealkylation sites (tertiary alicyclic amines) is 1. The van der Waals surface area contributed by atoms with Crippen molar-refractivity contribution in [3.8, 4) is 5.75 Å². The Morgan fingerprint density at radius 1 is 1.60 bits per heavy atom. The smallest absolute Gasteiger partial charge is 0.260 e. The first-order valence-electron chi connectivity index (χ1n) is 6.63. The lowest BCUT2D eigenvalue weighted by atomic mass is 10.1. The molecule has 0 aliphatic carbocycles. The van der Waals surface area contributed by atoms with Crippen molar-refractivity contribution in [3.05, 3.63) is 28.5 Å². The number of benzene rings is 1. The number of piperidine rings is 1. The van der Waals surface area contributed by atoms with E-state index in [1.807, 2.05) is 11.9 Å². The summed E-state index contributed by atoms with van der Waals surface area (Å²) in [4.78, 5) is 13.9. The van der Waals surface area contributed by atoms with E-state index in [2.05, 4.69) is 21.2 Å². The average Bonchev–Trinajstić information content (AvgIpc) is 2.46. The molecule has 0 spiro atoms. The van der Waals surface area contributed by atoms with Crippen LogP contribution in [0, 0.1) is 5.82 Å². The minimum atomic E-state index is -0.344. The van der Waals surface area contributed by atoms with Crippen LogP contribution < -0.4 is 10.1 Å². The molecule has 2 rings (SSSR count). The maximum atomic E-state index is 13.0. The second kappa shape index (κ2) is 7.04. The molecule has 1 aromatic rings. The molecule has 110 valence electrons. The molecule has 0 saturated carbocycles. The number of amides is 1. The Bertz CT molecular complexity index is 484. The topological polar surface area (TPSA) is 41.6 Å². The Labute approximate surface area is 126 Å². The van der Waals surface area contributed by atoms with E-state index >= 15 is 0 Å². The molecular formula is C14H18BrFN2O2. The summed E-state index contributed by atoms with van der Waals surface area (Å²) in [6.07, 6.45) is 2.09. The molecule has 1 amide bonds. The van der Waals surface area contributed by atoms with E-state index in [0.717, 1.165) is 19.4 Å². The zero-order valence-electron chi connectivity index (χ0n) is 11.4. The van der Waals surface area contributed by atoms with Gasteiger partial charge in [0.1, 0.15) is 11.6 Å². The molecule has 1 saturated heterocycles. The summed E-state index contributed by atoms with van der Waals surface area (Å²) < 4.78 is 18.9. The third-order valence-electron chi connectivity index (χ3n) is 3.43. The summed E-state index contributed by atoms with van der Waals surface area (Å²) in [6, 6.07) is 4.49. The van der Waals surface area contributed by atoms with Crippen LogP contribution >= 0.6 is 15.9 Å². The number of carbonyl (C=O) groups excluding carboxylic acids is 1. The molecule has 4 nitrogen and oxygen atoms in total. The largest absolute Gasteiger partial charge is 0.483 e. The third-order valence-corrected chi connectivity index (χ3v) is 4.05. The Hall–Kier alpha value is -1.14. The number of likely N-dealkylation sites (N-methyl/N-ethyl adjacent to an activating group) is 1. The molecule has 1 N–H and O–H groups in total. The van der Waals surface area contributed by atoms with E-state index < -0.39 is 0 Å². The van der Waals surface area contributed by atoms with Crippen LogP contribution in [0.2, 0.25) is 0 Å². The second-order valence-corrected chi connectivity index (χ2v) is 5.69. The number of hydrogen-bond acceptors (Lipinski definition) is 3. The maximum absolute atomic E-state index is 13.0. The lowest BCUT2D eigenvalue weighted by molar-refractivity contribution is -0.134. The molecule has 1 unspecified atom stereocenters. The first kappa shape index (κ1) is 15.3. The van der Waals surface area contributed by atoms with Crippen LogP contribution in [0.4, 0.5) is 4.39 Å². The van der Waals surface area contributed by atoms with Crippen molar-refractivity contribution in [3.63, 3.8) is 0 Å². The van der Waals surface area contributed by atoms with Crippen molar-refractivity contribution in [2.75, 3.05) is 26.7 Å². The second-order valence-electron chi connectivity index (χ2n) is 4.83. The van der Waals surface area contributed by atoms with Crippen molar-refractivity contribution in [1.29, 1.82) is 0 Å². The number of nitrogens with one attached hydrogen (secondary N) is 1. The van der Waals surface area contributed by atoms with Gasteiger partial charge in [-0.3, -0.25) is 4.79 Å². The van der Waals surface area contributed by atoms with Crippen LogP contribution in [0.15, 0.2) is 22.7 Å². The summed E-state index contributed by atoms with van der Waals surface area (Å²) in [6.45, 7) is 1.45. The summed E-state index contributed by atoms with van der Waals surface area (Å²) in [7, 11) is 1.91. The number of rotatable bonds is 4. The maximum Gasteiger partial charge on any atom is 0.260 e. The van der Waals surface area contributed by atoms with Gasteiger partial charge in [-0.05, 0) is 54.0 Å². The molecule has 0 bridgehead atoms. The lowest BCUT2D eigenvalue weighted by Gasteiger charge is -2.32. The van der Waals surface area contributed by atoms with Crippen LogP contribution in [0.1, 0.15) is 12.8 Å². The van der Waals surface area contributed by atoms with E-state index in [1.165, 1.54) is 18.2 Å². The highest BCUT2D eigenvalue weighted by Crippen LogP contribution is 2.25. The summed E-state index contributed by atoms with van der Waals surface area (Å²) in [5, 5.41) is 3.19. The van der Waals surface area contributed by atoms with Crippen LogP contribution in [-0.4, -0.2) is 43.6 Å². The summed E-state index contributed by atoms with van der Waals surface area (Å²) in [5.74, 6) is 0.0894. The molecule has 1 fully saturated rings. The van der Waals surface area contributed by atoms with Crippen molar-refractivity contribution < 1.29 is 13.9 Å². The van der Waals surface area contributed by atoms with Crippen LogP contribution in [-0.2, 0) is 4.79 Å². The van der Waals surface area contributed by atoms with E-state index in [-0.39, 0.29) is 18.3 Å². The van der Waals surface area contributed by atoms with E-state index in [4.69, 9.17) is 4.74 Å². The monoisotopic (exact) mass is 344 g/mol. The number of nitrogens with zero attached hydrogens (tertiary/aromatic N) is 1.